The van der Waals surface area contributed by atoms with Gasteiger partial charge in [-0.3, -0.25) is 4.90 Å². The van der Waals surface area contributed by atoms with Crippen molar-refractivity contribution >= 4 is 0 Å². The van der Waals surface area contributed by atoms with Crippen LogP contribution < -0.4 is 5.32 Å². The number of hydrogen-bond donors (Lipinski definition) is 1. The van der Waals surface area contributed by atoms with Gasteiger partial charge in [0.2, 0.25) is 0 Å². The zero-order valence-corrected chi connectivity index (χ0v) is 12.6. The Balaban J connectivity index is 1.32. The third-order valence-corrected chi connectivity index (χ3v) is 5.30. The van der Waals surface area contributed by atoms with E-state index in [1.807, 2.05) is 0 Å². The average molecular weight is 265 g/mol. The van der Waals surface area contributed by atoms with Gasteiger partial charge in [-0.2, -0.15) is 0 Å². The maximum absolute atomic E-state index is 3.78. The molecule has 0 aromatic rings. The van der Waals surface area contributed by atoms with Crippen LogP contribution in [-0.2, 0) is 0 Å². The van der Waals surface area contributed by atoms with Crippen LogP contribution in [0.3, 0.4) is 0 Å². The van der Waals surface area contributed by atoms with Crippen LogP contribution >= 0.6 is 0 Å². The molecule has 0 spiro atoms. The van der Waals surface area contributed by atoms with E-state index >= 15 is 0 Å². The molecule has 1 saturated heterocycles. The van der Waals surface area contributed by atoms with Crippen LogP contribution in [0, 0.1) is 5.92 Å². The molecule has 3 aliphatic rings. The first-order valence-corrected chi connectivity index (χ1v) is 8.51. The highest BCUT2D eigenvalue weighted by molar-refractivity contribution is 4.83. The van der Waals surface area contributed by atoms with Crippen LogP contribution in [-0.4, -0.2) is 61.2 Å². The number of nitrogens with zero attached hydrogens (tertiary/aromatic N) is 2. The van der Waals surface area contributed by atoms with Crippen molar-refractivity contribution in [3.63, 3.8) is 0 Å². The molecular weight excluding hydrogens is 234 g/mol. The van der Waals surface area contributed by atoms with Crippen molar-refractivity contribution in [3.05, 3.63) is 0 Å². The van der Waals surface area contributed by atoms with Gasteiger partial charge in [-0.05, 0) is 38.5 Å². The van der Waals surface area contributed by atoms with Crippen molar-refractivity contribution in [1.82, 2.24) is 15.1 Å². The number of nitrogens with one attached hydrogen (secondary N) is 1. The number of rotatable bonds is 6. The van der Waals surface area contributed by atoms with Gasteiger partial charge in [0.05, 0.1) is 0 Å². The largest absolute Gasteiger partial charge is 0.312 e. The molecule has 1 aliphatic heterocycles. The highest BCUT2D eigenvalue weighted by Crippen LogP contribution is 2.30. The number of hydrogen-bond acceptors (Lipinski definition) is 3. The lowest BCUT2D eigenvalue weighted by Crippen LogP contribution is -2.52. The summed E-state index contributed by atoms with van der Waals surface area (Å²) in [7, 11) is 0. The molecule has 2 saturated carbocycles. The van der Waals surface area contributed by atoms with E-state index in [0.29, 0.717) is 6.04 Å². The van der Waals surface area contributed by atoms with Gasteiger partial charge >= 0.3 is 0 Å². The molecule has 2 aliphatic carbocycles. The van der Waals surface area contributed by atoms with E-state index in [0.717, 1.165) is 12.0 Å². The Morgan fingerprint density at radius 3 is 2.32 bits per heavy atom. The smallest absolute Gasteiger partial charge is 0.0193 e. The monoisotopic (exact) mass is 265 g/mol. The van der Waals surface area contributed by atoms with Gasteiger partial charge in [0, 0.05) is 51.4 Å². The molecule has 0 aromatic heterocycles. The van der Waals surface area contributed by atoms with Crippen molar-refractivity contribution < 1.29 is 0 Å². The average Bonchev–Trinajstić information content (AvgIpc) is 3.09. The fraction of sp³-hybridized carbons (Fsp3) is 1.00. The summed E-state index contributed by atoms with van der Waals surface area (Å²) in [5.41, 5.74) is 0. The molecule has 0 aromatic carbocycles. The standard InChI is InChI=1S/C16H31N3/c1-14(12-17-16-4-2-3-5-16)19-10-8-18(9-11-19)13-15-6-7-15/h14-17H,2-13H2,1H3. The first kappa shape index (κ1) is 13.8. The van der Waals surface area contributed by atoms with Crippen LogP contribution in [0.25, 0.3) is 0 Å². The SMILES string of the molecule is CC(CNC1CCCC1)N1CCN(CC2CC2)CC1. The third-order valence-electron chi connectivity index (χ3n) is 5.30. The lowest BCUT2D eigenvalue weighted by atomic mass is 10.2. The molecule has 0 amide bonds. The van der Waals surface area contributed by atoms with Gasteiger partial charge in [0.15, 0.2) is 0 Å². The molecular formula is C16H31N3. The van der Waals surface area contributed by atoms with Crippen molar-refractivity contribution in [3.8, 4) is 0 Å². The van der Waals surface area contributed by atoms with E-state index in [2.05, 4.69) is 22.0 Å². The van der Waals surface area contributed by atoms with Crippen molar-refractivity contribution in [2.24, 2.45) is 5.92 Å². The second kappa shape index (κ2) is 6.55. The van der Waals surface area contributed by atoms with E-state index in [-0.39, 0.29) is 0 Å². The molecule has 110 valence electrons. The van der Waals surface area contributed by atoms with Crippen molar-refractivity contribution in [2.75, 3.05) is 39.3 Å². The molecule has 19 heavy (non-hydrogen) atoms. The summed E-state index contributed by atoms with van der Waals surface area (Å²) in [4.78, 5) is 5.37. The second-order valence-corrected chi connectivity index (χ2v) is 7.02. The molecule has 3 nitrogen and oxygen atoms in total. The summed E-state index contributed by atoms with van der Waals surface area (Å²) < 4.78 is 0. The lowest BCUT2D eigenvalue weighted by Gasteiger charge is -2.38. The van der Waals surface area contributed by atoms with Crippen LogP contribution in [0.15, 0.2) is 0 Å². The normalized spacial score (nSPS) is 28.9. The molecule has 3 fully saturated rings. The molecule has 1 atom stereocenters. The zero-order valence-electron chi connectivity index (χ0n) is 12.6. The number of piperazine rings is 1. The van der Waals surface area contributed by atoms with E-state index in [4.69, 9.17) is 0 Å². The van der Waals surface area contributed by atoms with Crippen LogP contribution in [0.5, 0.6) is 0 Å². The fourth-order valence-corrected chi connectivity index (χ4v) is 3.65. The van der Waals surface area contributed by atoms with Crippen molar-refractivity contribution in [2.45, 2.75) is 57.5 Å². The van der Waals surface area contributed by atoms with Crippen molar-refractivity contribution in [1.29, 1.82) is 0 Å². The Bertz CT molecular complexity index is 263. The van der Waals surface area contributed by atoms with E-state index in [1.54, 1.807) is 0 Å². The van der Waals surface area contributed by atoms with Gasteiger partial charge < -0.3 is 10.2 Å². The summed E-state index contributed by atoms with van der Waals surface area (Å²) in [5.74, 6) is 1.05. The fourth-order valence-electron chi connectivity index (χ4n) is 3.65. The first-order chi connectivity index (χ1) is 9.31. The van der Waals surface area contributed by atoms with Gasteiger partial charge in [0.25, 0.3) is 0 Å². The highest BCUT2D eigenvalue weighted by Gasteiger charge is 2.27. The minimum Gasteiger partial charge on any atom is -0.312 e. The first-order valence-electron chi connectivity index (χ1n) is 8.51. The second-order valence-electron chi connectivity index (χ2n) is 7.02. The van der Waals surface area contributed by atoms with Crippen LogP contribution in [0.2, 0.25) is 0 Å². The minimum absolute atomic E-state index is 0.712. The predicted molar refractivity (Wildman–Crippen MR) is 80.5 cm³/mol. The third kappa shape index (κ3) is 4.17. The lowest BCUT2D eigenvalue weighted by molar-refractivity contribution is 0.0976. The molecule has 0 bridgehead atoms. The van der Waals surface area contributed by atoms with E-state index in [1.165, 1.54) is 77.8 Å². The van der Waals surface area contributed by atoms with Crippen LogP contribution in [0.4, 0.5) is 0 Å². The Morgan fingerprint density at radius 1 is 1.00 bits per heavy atom. The topological polar surface area (TPSA) is 18.5 Å². The van der Waals surface area contributed by atoms with Crippen LogP contribution in [0.1, 0.15) is 45.4 Å². The molecule has 1 N–H and O–H groups in total. The molecule has 1 heterocycles. The summed E-state index contributed by atoms with van der Waals surface area (Å²) in [6, 6.07) is 1.53. The zero-order chi connectivity index (χ0) is 13.1. The Labute approximate surface area is 118 Å². The quantitative estimate of drug-likeness (QED) is 0.792. The van der Waals surface area contributed by atoms with E-state index < -0.39 is 0 Å². The summed E-state index contributed by atoms with van der Waals surface area (Å²) in [6.45, 7) is 10.1. The molecule has 0 radical (unpaired) electrons. The summed E-state index contributed by atoms with van der Waals surface area (Å²) in [5, 5.41) is 3.78. The maximum atomic E-state index is 3.78. The van der Waals surface area contributed by atoms with Gasteiger partial charge in [-0.15, -0.1) is 0 Å². The minimum atomic E-state index is 0.712. The Hall–Kier alpha value is -0.120. The Kier molecular flexibility index (Phi) is 4.78. The highest BCUT2D eigenvalue weighted by atomic mass is 15.3. The summed E-state index contributed by atoms with van der Waals surface area (Å²) in [6.07, 6.45) is 8.66. The molecule has 3 rings (SSSR count). The van der Waals surface area contributed by atoms with Gasteiger partial charge in [-0.1, -0.05) is 12.8 Å². The predicted octanol–water partition coefficient (Wildman–Crippen LogP) is 1.93. The van der Waals surface area contributed by atoms with Gasteiger partial charge in [0.1, 0.15) is 0 Å². The summed E-state index contributed by atoms with van der Waals surface area (Å²) >= 11 is 0. The molecule has 3 heteroatoms. The maximum Gasteiger partial charge on any atom is 0.0193 e. The molecule has 1 unspecified atom stereocenters. The Morgan fingerprint density at radius 2 is 1.68 bits per heavy atom. The van der Waals surface area contributed by atoms with Gasteiger partial charge in [-0.25, -0.2) is 0 Å². The van der Waals surface area contributed by atoms with E-state index in [9.17, 15) is 0 Å².